The first kappa shape index (κ1) is 14.3. The lowest BCUT2D eigenvalue weighted by Gasteiger charge is -2.34. The summed E-state index contributed by atoms with van der Waals surface area (Å²) in [7, 11) is 0. The number of nitrogens with zero attached hydrogens (tertiary/aromatic N) is 2. The van der Waals surface area contributed by atoms with Crippen LogP contribution in [0.1, 0.15) is 23.7 Å². The van der Waals surface area contributed by atoms with Crippen LogP contribution < -0.4 is 5.73 Å². The third-order valence-electron chi connectivity index (χ3n) is 3.68. The number of nitro benzene ring substituents is 1. The molecule has 0 spiro atoms. The number of hydrogen-bond donors (Lipinski definition) is 2. The van der Waals surface area contributed by atoms with E-state index in [-0.39, 0.29) is 29.7 Å². The first-order valence-corrected chi connectivity index (χ1v) is 6.41. The molecular weight excluding hydrogens is 262 g/mol. The van der Waals surface area contributed by atoms with E-state index >= 15 is 0 Å². The molecule has 0 radical (unpaired) electrons. The number of nitrogen functional groups attached to an aromatic ring is 1. The van der Waals surface area contributed by atoms with Crippen LogP contribution in [0.25, 0.3) is 0 Å². The Bertz CT molecular complexity index is 546. The van der Waals surface area contributed by atoms with Crippen LogP contribution in [0.3, 0.4) is 0 Å². The highest BCUT2D eigenvalue weighted by Crippen LogP contribution is 2.24. The second-order valence-electron chi connectivity index (χ2n) is 5.12. The monoisotopic (exact) mass is 279 g/mol. The maximum Gasteiger partial charge on any atom is 0.292 e. The third kappa shape index (κ3) is 2.72. The maximum absolute atomic E-state index is 12.3. The van der Waals surface area contributed by atoms with E-state index in [0.29, 0.717) is 12.1 Å². The van der Waals surface area contributed by atoms with Crippen LogP contribution >= 0.6 is 0 Å². The van der Waals surface area contributed by atoms with Gasteiger partial charge < -0.3 is 15.7 Å². The number of anilines is 1. The number of aliphatic hydroxyl groups excluding tert-OH is 1. The maximum atomic E-state index is 12.3. The Morgan fingerprint density at radius 2 is 2.25 bits per heavy atom. The van der Waals surface area contributed by atoms with Crippen molar-refractivity contribution in [1.82, 2.24) is 4.90 Å². The molecule has 7 heteroatoms. The van der Waals surface area contributed by atoms with Crippen molar-refractivity contribution < 1.29 is 14.8 Å². The number of aliphatic hydroxyl groups is 1. The zero-order valence-corrected chi connectivity index (χ0v) is 11.2. The Morgan fingerprint density at radius 3 is 2.80 bits per heavy atom. The Labute approximate surface area is 116 Å². The lowest BCUT2D eigenvalue weighted by molar-refractivity contribution is -0.383. The summed E-state index contributed by atoms with van der Waals surface area (Å²) in [5.74, 6) is -0.0986. The van der Waals surface area contributed by atoms with Crippen molar-refractivity contribution in [2.75, 3.05) is 18.8 Å². The van der Waals surface area contributed by atoms with Crippen LogP contribution in [0.5, 0.6) is 0 Å². The molecule has 7 nitrogen and oxygen atoms in total. The minimum absolute atomic E-state index is 0.0354. The molecule has 1 aromatic carbocycles. The zero-order chi connectivity index (χ0) is 14.9. The van der Waals surface area contributed by atoms with Crippen molar-refractivity contribution in [3.63, 3.8) is 0 Å². The highest BCUT2D eigenvalue weighted by molar-refractivity contribution is 5.95. The second kappa shape index (κ2) is 5.46. The van der Waals surface area contributed by atoms with Gasteiger partial charge in [0.2, 0.25) is 0 Å². The largest absolute Gasteiger partial charge is 0.393 e. The Hall–Kier alpha value is -2.15. The molecule has 1 aliphatic heterocycles. The molecule has 0 bridgehead atoms. The summed E-state index contributed by atoms with van der Waals surface area (Å²) in [6.45, 7) is 2.78. The van der Waals surface area contributed by atoms with Crippen LogP contribution in [-0.2, 0) is 0 Å². The third-order valence-corrected chi connectivity index (χ3v) is 3.68. The number of β-amino-alcohol motifs (C(OH)–C–C–N with tert-alkyl or cyclic N) is 1. The lowest BCUT2D eigenvalue weighted by atomic mass is 9.95. The van der Waals surface area contributed by atoms with Crippen LogP contribution in [-0.4, -0.2) is 40.0 Å². The summed E-state index contributed by atoms with van der Waals surface area (Å²) in [4.78, 5) is 23.9. The highest BCUT2D eigenvalue weighted by atomic mass is 16.6. The SMILES string of the molecule is CC1CCN(C(=O)c2ccc([N+](=O)[O-])c(N)c2)CC1O. The summed E-state index contributed by atoms with van der Waals surface area (Å²) < 4.78 is 0. The zero-order valence-electron chi connectivity index (χ0n) is 11.2. The molecule has 1 heterocycles. The molecule has 1 aliphatic rings. The Balaban J connectivity index is 2.17. The molecule has 2 unspecified atom stereocenters. The van der Waals surface area contributed by atoms with Crippen LogP contribution in [0.2, 0.25) is 0 Å². The van der Waals surface area contributed by atoms with Gasteiger partial charge in [-0.2, -0.15) is 0 Å². The van der Waals surface area contributed by atoms with Crippen molar-refractivity contribution in [2.45, 2.75) is 19.4 Å². The number of carbonyl (C=O) groups excluding carboxylic acids is 1. The van der Waals surface area contributed by atoms with Gasteiger partial charge in [-0.25, -0.2) is 0 Å². The number of benzene rings is 1. The van der Waals surface area contributed by atoms with Crippen molar-refractivity contribution >= 4 is 17.3 Å². The van der Waals surface area contributed by atoms with Gasteiger partial charge in [0.05, 0.1) is 11.0 Å². The van der Waals surface area contributed by atoms with Gasteiger partial charge in [0.15, 0.2) is 0 Å². The predicted octanol–water partition coefficient (Wildman–Crippen LogP) is 1.02. The second-order valence-corrected chi connectivity index (χ2v) is 5.12. The van der Waals surface area contributed by atoms with Gasteiger partial charge in [-0.1, -0.05) is 6.92 Å². The standard InChI is InChI=1S/C13H17N3O4/c1-8-4-5-15(7-12(8)17)13(18)9-2-3-11(16(19)20)10(14)6-9/h2-3,6,8,12,17H,4-5,7,14H2,1H3. The number of piperidine rings is 1. The van der Waals surface area contributed by atoms with E-state index in [9.17, 15) is 20.0 Å². The molecule has 1 aromatic rings. The molecule has 1 fully saturated rings. The minimum Gasteiger partial charge on any atom is -0.393 e. The number of carbonyl (C=O) groups is 1. The fourth-order valence-corrected chi connectivity index (χ4v) is 2.27. The molecule has 1 saturated heterocycles. The van der Waals surface area contributed by atoms with Gasteiger partial charge in [0, 0.05) is 24.7 Å². The molecular formula is C13H17N3O4. The molecule has 0 aliphatic carbocycles. The predicted molar refractivity (Wildman–Crippen MR) is 73.2 cm³/mol. The molecule has 3 N–H and O–H groups in total. The average Bonchev–Trinajstić information content (AvgIpc) is 2.40. The number of nitro groups is 1. The minimum atomic E-state index is -0.587. The van der Waals surface area contributed by atoms with Crippen molar-refractivity contribution in [1.29, 1.82) is 0 Å². The topological polar surface area (TPSA) is 110 Å². The van der Waals surface area contributed by atoms with E-state index in [1.165, 1.54) is 18.2 Å². The number of nitrogens with two attached hydrogens (primary N) is 1. The summed E-state index contributed by atoms with van der Waals surface area (Å²) in [6, 6.07) is 3.93. The highest BCUT2D eigenvalue weighted by Gasteiger charge is 2.28. The van der Waals surface area contributed by atoms with E-state index in [4.69, 9.17) is 5.73 Å². The first-order chi connectivity index (χ1) is 9.40. The normalized spacial score (nSPS) is 22.6. The van der Waals surface area contributed by atoms with Crippen molar-refractivity contribution in [2.24, 2.45) is 5.92 Å². The quantitative estimate of drug-likeness (QED) is 0.477. The van der Waals surface area contributed by atoms with Crippen molar-refractivity contribution in [3.05, 3.63) is 33.9 Å². The van der Waals surface area contributed by atoms with E-state index in [2.05, 4.69) is 0 Å². The molecule has 2 rings (SSSR count). The molecule has 0 aromatic heterocycles. The van der Waals surface area contributed by atoms with Gasteiger partial charge in [0.25, 0.3) is 11.6 Å². The summed E-state index contributed by atoms with van der Waals surface area (Å²) in [5, 5.41) is 20.5. The van der Waals surface area contributed by atoms with Gasteiger partial charge in [-0.3, -0.25) is 14.9 Å². The first-order valence-electron chi connectivity index (χ1n) is 6.41. The molecule has 0 saturated carbocycles. The van der Waals surface area contributed by atoms with Crippen molar-refractivity contribution in [3.8, 4) is 0 Å². The number of hydrogen-bond acceptors (Lipinski definition) is 5. The van der Waals surface area contributed by atoms with Gasteiger partial charge in [0.1, 0.15) is 5.69 Å². The number of likely N-dealkylation sites (tertiary alicyclic amines) is 1. The number of rotatable bonds is 2. The Morgan fingerprint density at radius 1 is 1.55 bits per heavy atom. The fraction of sp³-hybridized carbons (Fsp3) is 0.462. The number of amides is 1. The van der Waals surface area contributed by atoms with Crippen LogP contribution in [0, 0.1) is 16.0 Å². The summed E-state index contributed by atoms with van der Waals surface area (Å²) in [6.07, 6.45) is 0.193. The molecule has 1 amide bonds. The van der Waals surface area contributed by atoms with Crippen LogP contribution in [0.15, 0.2) is 18.2 Å². The smallest absolute Gasteiger partial charge is 0.292 e. The van der Waals surface area contributed by atoms with Gasteiger partial charge in [-0.05, 0) is 24.5 Å². The van der Waals surface area contributed by atoms with E-state index in [1.807, 2.05) is 6.92 Å². The van der Waals surface area contributed by atoms with Crippen LogP contribution in [0.4, 0.5) is 11.4 Å². The molecule has 108 valence electrons. The molecule has 2 atom stereocenters. The average molecular weight is 279 g/mol. The fourth-order valence-electron chi connectivity index (χ4n) is 2.27. The summed E-state index contributed by atoms with van der Waals surface area (Å²) >= 11 is 0. The van der Waals surface area contributed by atoms with E-state index in [1.54, 1.807) is 4.90 Å². The van der Waals surface area contributed by atoms with E-state index in [0.717, 1.165) is 6.42 Å². The molecule has 20 heavy (non-hydrogen) atoms. The van der Waals surface area contributed by atoms with E-state index < -0.39 is 11.0 Å². The lowest BCUT2D eigenvalue weighted by Crippen LogP contribution is -2.45. The summed E-state index contributed by atoms with van der Waals surface area (Å²) in [5.41, 5.74) is 5.63. The Kier molecular flexibility index (Phi) is 3.89. The van der Waals surface area contributed by atoms with Gasteiger partial charge in [-0.15, -0.1) is 0 Å². The van der Waals surface area contributed by atoms with Gasteiger partial charge >= 0.3 is 0 Å².